The van der Waals surface area contributed by atoms with Crippen molar-refractivity contribution in [3.63, 3.8) is 0 Å². The zero-order valence-electron chi connectivity index (χ0n) is 15.8. The molecule has 0 N–H and O–H groups in total. The summed E-state index contributed by atoms with van der Waals surface area (Å²) >= 11 is 1.59. The summed E-state index contributed by atoms with van der Waals surface area (Å²) in [4.78, 5) is 20.8. The quantitative estimate of drug-likeness (QED) is 0.494. The number of terminal acetylenes is 1. The van der Waals surface area contributed by atoms with E-state index in [2.05, 4.69) is 11.0 Å². The Morgan fingerprint density at radius 2 is 2.07 bits per heavy atom. The lowest BCUT2D eigenvalue weighted by molar-refractivity contribution is 0.0994. The molecular formula is C22H18N4OS. The van der Waals surface area contributed by atoms with Crippen molar-refractivity contribution in [1.82, 2.24) is 14.8 Å². The van der Waals surface area contributed by atoms with Gasteiger partial charge in [0.05, 0.1) is 27.2 Å². The van der Waals surface area contributed by atoms with Gasteiger partial charge in [-0.3, -0.25) is 9.48 Å². The Bertz CT molecular complexity index is 1230. The van der Waals surface area contributed by atoms with Crippen molar-refractivity contribution in [2.24, 2.45) is 7.05 Å². The number of pyridine rings is 1. The second-order valence-corrected chi connectivity index (χ2v) is 7.45. The summed E-state index contributed by atoms with van der Waals surface area (Å²) in [7, 11) is 3.59. The Hall–Kier alpha value is -3.43. The third-order valence-corrected chi connectivity index (χ3v) is 5.57. The predicted molar refractivity (Wildman–Crippen MR) is 114 cm³/mol. The van der Waals surface area contributed by atoms with Gasteiger partial charge in [-0.15, -0.1) is 17.8 Å². The van der Waals surface area contributed by atoms with E-state index in [0.29, 0.717) is 11.2 Å². The van der Waals surface area contributed by atoms with Crippen LogP contribution in [0.15, 0.2) is 47.8 Å². The number of fused-ring (bicyclic) bond motifs is 1. The van der Waals surface area contributed by atoms with Crippen molar-refractivity contribution < 1.29 is 4.79 Å². The van der Waals surface area contributed by atoms with E-state index in [4.69, 9.17) is 11.4 Å². The number of hydrogen-bond acceptors (Lipinski definition) is 4. The number of anilines is 1. The maximum atomic E-state index is 13.5. The molecule has 0 fully saturated rings. The summed E-state index contributed by atoms with van der Waals surface area (Å²) in [6.45, 7) is 1.89. The van der Waals surface area contributed by atoms with Gasteiger partial charge in [0.25, 0.3) is 5.91 Å². The number of rotatable bonds is 3. The number of carbonyl (C=O) groups excluding carboxylic acids is 1. The van der Waals surface area contributed by atoms with Crippen LogP contribution in [0.1, 0.15) is 21.6 Å². The average Bonchev–Trinajstić information content (AvgIpc) is 3.35. The molecule has 4 aromatic rings. The van der Waals surface area contributed by atoms with Gasteiger partial charge < -0.3 is 4.90 Å². The van der Waals surface area contributed by atoms with Crippen LogP contribution in [0.3, 0.4) is 0 Å². The molecule has 4 rings (SSSR count). The molecule has 138 valence electrons. The highest BCUT2D eigenvalue weighted by Gasteiger charge is 2.22. The fourth-order valence-electron chi connectivity index (χ4n) is 3.27. The van der Waals surface area contributed by atoms with E-state index in [9.17, 15) is 4.79 Å². The van der Waals surface area contributed by atoms with E-state index in [1.807, 2.05) is 61.8 Å². The van der Waals surface area contributed by atoms with Gasteiger partial charge in [-0.05, 0) is 42.6 Å². The van der Waals surface area contributed by atoms with Crippen LogP contribution in [0.4, 0.5) is 5.69 Å². The van der Waals surface area contributed by atoms with Crippen molar-refractivity contribution in [3.8, 4) is 22.9 Å². The minimum atomic E-state index is -0.129. The Balaban J connectivity index is 1.89. The van der Waals surface area contributed by atoms with Gasteiger partial charge in [0.1, 0.15) is 0 Å². The molecule has 0 atom stereocenters. The highest BCUT2D eigenvalue weighted by Crippen LogP contribution is 2.30. The number of carbonyl (C=O) groups is 1. The third-order valence-electron chi connectivity index (χ3n) is 4.68. The molecule has 1 aromatic carbocycles. The predicted octanol–water partition coefficient (Wildman–Crippen LogP) is 4.26. The fourth-order valence-corrected chi connectivity index (χ4v) is 3.95. The SMILES string of the molecule is C#Cc1cccc(N(C)C(=O)c2cc(-c3cccs3)nc3c2c(C)nn3C)c1. The first kappa shape index (κ1) is 18.0. The van der Waals surface area contributed by atoms with Crippen LogP contribution >= 0.6 is 11.3 Å². The van der Waals surface area contributed by atoms with Gasteiger partial charge in [0.15, 0.2) is 5.65 Å². The highest BCUT2D eigenvalue weighted by molar-refractivity contribution is 7.13. The number of nitrogens with zero attached hydrogens (tertiary/aromatic N) is 4. The van der Waals surface area contributed by atoms with Crippen LogP contribution < -0.4 is 4.90 Å². The van der Waals surface area contributed by atoms with Gasteiger partial charge in [-0.2, -0.15) is 5.10 Å². The van der Waals surface area contributed by atoms with E-state index in [-0.39, 0.29) is 5.91 Å². The summed E-state index contributed by atoms with van der Waals surface area (Å²) < 4.78 is 1.72. The van der Waals surface area contributed by atoms with Crippen LogP contribution in [0.5, 0.6) is 0 Å². The maximum Gasteiger partial charge on any atom is 0.258 e. The van der Waals surface area contributed by atoms with Crippen LogP contribution in [0, 0.1) is 19.3 Å². The topological polar surface area (TPSA) is 51.0 Å². The van der Waals surface area contributed by atoms with Gasteiger partial charge in [0, 0.05) is 25.3 Å². The van der Waals surface area contributed by atoms with Gasteiger partial charge >= 0.3 is 0 Å². The first-order valence-corrected chi connectivity index (χ1v) is 9.60. The summed E-state index contributed by atoms with van der Waals surface area (Å²) in [6.07, 6.45) is 5.51. The minimum Gasteiger partial charge on any atom is -0.311 e. The first-order valence-electron chi connectivity index (χ1n) is 8.72. The minimum absolute atomic E-state index is 0.129. The van der Waals surface area contributed by atoms with Gasteiger partial charge in [0.2, 0.25) is 0 Å². The summed E-state index contributed by atoms with van der Waals surface area (Å²) in [5, 5.41) is 7.24. The van der Waals surface area contributed by atoms with Crippen molar-refractivity contribution in [1.29, 1.82) is 0 Å². The van der Waals surface area contributed by atoms with Crippen LogP contribution in [-0.4, -0.2) is 27.7 Å². The molecule has 6 heteroatoms. The molecule has 3 aromatic heterocycles. The lowest BCUT2D eigenvalue weighted by Gasteiger charge is -2.19. The number of hydrogen-bond donors (Lipinski definition) is 0. The average molecular weight is 386 g/mol. The fraction of sp³-hybridized carbons (Fsp3) is 0.136. The Morgan fingerprint density at radius 1 is 1.25 bits per heavy atom. The number of thiophene rings is 1. The molecular weight excluding hydrogens is 368 g/mol. The molecule has 0 radical (unpaired) electrons. The van der Waals surface area contributed by atoms with E-state index >= 15 is 0 Å². The molecule has 3 heterocycles. The van der Waals surface area contributed by atoms with Crippen LogP contribution in [0.25, 0.3) is 21.6 Å². The molecule has 0 bridgehead atoms. The van der Waals surface area contributed by atoms with Crippen LogP contribution in [-0.2, 0) is 7.05 Å². The van der Waals surface area contributed by atoms with Gasteiger partial charge in [-0.25, -0.2) is 4.98 Å². The highest BCUT2D eigenvalue weighted by atomic mass is 32.1. The monoisotopic (exact) mass is 386 g/mol. The molecule has 0 unspecified atom stereocenters. The molecule has 0 saturated carbocycles. The summed E-state index contributed by atoms with van der Waals surface area (Å²) in [5.41, 5.74) is 4.28. The number of aryl methyl sites for hydroxylation is 2. The summed E-state index contributed by atoms with van der Waals surface area (Å²) in [6, 6.07) is 13.2. The van der Waals surface area contributed by atoms with E-state index < -0.39 is 0 Å². The molecule has 28 heavy (non-hydrogen) atoms. The second kappa shape index (κ2) is 6.95. The smallest absolute Gasteiger partial charge is 0.258 e. The Labute approximate surface area is 167 Å². The van der Waals surface area contributed by atoms with Crippen molar-refractivity contribution >= 4 is 34.0 Å². The molecule has 5 nitrogen and oxygen atoms in total. The zero-order valence-corrected chi connectivity index (χ0v) is 16.6. The first-order chi connectivity index (χ1) is 13.5. The number of amides is 1. The van der Waals surface area contributed by atoms with Gasteiger partial charge in [-0.1, -0.05) is 18.1 Å². The third kappa shape index (κ3) is 2.96. The van der Waals surface area contributed by atoms with Crippen molar-refractivity contribution in [3.05, 3.63) is 64.7 Å². The molecule has 0 aliphatic rings. The largest absolute Gasteiger partial charge is 0.311 e. The number of aromatic nitrogens is 3. The standard InChI is InChI=1S/C22H18N4OS/c1-5-15-8-6-9-16(12-15)25(3)22(27)17-13-18(19-10-7-11-28-19)23-21-20(17)14(2)24-26(21)4/h1,6-13H,2-4H3. The molecule has 0 saturated heterocycles. The molecule has 0 aliphatic heterocycles. The summed E-state index contributed by atoms with van der Waals surface area (Å²) in [5.74, 6) is 2.48. The number of benzene rings is 1. The van der Waals surface area contributed by atoms with Crippen molar-refractivity contribution in [2.45, 2.75) is 6.92 Å². The lowest BCUT2D eigenvalue weighted by Crippen LogP contribution is -2.26. The van der Waals surface area contributed by atoms with E-state index in [1.54, 1.807) is 28.0 Å². The van der Waals surface area contributed by atoms with Crippen LogP contribution in [0.2, 0.25) is 0 Å². The maximum absolute atomic E-state index is 13.5. The molecule has 0 spiro atoms. The van der Waals surface area contributed by atoms with Crippen molar-refractivity contribution in [2.75, 3.05) is 11.9 Å². The normalized spacial score (nSPS) is 10.8. The van der Waals surface area contributed by atoms with E-state index in [1.165, 1.54) is 0 Å². The molecule has 0 aliphatic carbocycles. The Morgan fingerprint density at radius 3 is 2.79 bits per heavy atom. The second-order valence-electron chi connectivity index (χ2n) is 6.50. The zero-order chi connectivity index (χ0) is 19.8. The van der Waals surface area contributed by atoms with E-state index in [0.717, 1.165) is 32.9 Å². The lowest BCUT2D eigenvalue weighted by atomic mass is 10.1. The molecule has 1 amide bonds. The Kier molecular flexibility index (Phi) is 4.46.